The average molecular weight is 394 g/mol. The van der Waals surface area contributed by atoms with E-state index in [1.807, 2.05) is 25.1 Å². The van der Waals surface area contributed by atoms with Crippen LogP contribution in [0, 0.1) is 0 Å². The second-order valence-electron chi connectivity index (χ2n) is 7.66. The van der Waals surface area contributed by atoms with Crippen molar-refractivity contribution in [3.8, 4) is 0 Å². The molecule has 2 heterocycles. The Morgan fingerprint density at radius 2 is 1.97 bits per heavy atom. The smallest absolute Gasteiger partial charge is 0.337 e. The van der Waals surface area contributed by atoms with Gasteiger partial charge >= 0.3 is 5.97 Å². The highest BCUT2D eigenvalue weighted by atomic mass is 16.5. The van der Waals surface area contributed by atoms with Gasteiger partial charge in [-0.25, -0.2) is 9.78 Å². The fraction of sp³-hybridized carbons (Fsp3) is 0.409. The largest absolute Gasteiger partial charge is 0.465 e. The highest BCUT2D eigenvalue weighted by Gasteiger charge is 2.39. The van der Waals surface area contributed by atoms with Crippen molar-refractivity contribution >= 4 is 34.9 Å². The second kappa shape index (κ2) is 7.73. The van der Waals surface area contributed by atoms with Crippen LogP contribution in [0.4, 0.5) is 23.0 Å². The molecule has 1 fully saturated rings. The first-order valence-electron chi connectivity index (χ1n) is 10.0. The Labute approximate surface area is 170 Å². The number of rotatable bonds is 4. The normalized spacial score (nSPS) is 19.3. The number of nitrogens with one attached hydrogen (secondary N) is 1. The number of likely N-dealkylation sites (N-methyl/N-ethyl adjacent to an activating group) is 1. The van der Waals surface area contributed by atoms with Crippen LogP contribution in [0.2, 0.25) is 0 Å². The van der Waals surface area contributed by atoms with Crippen molar-refractivity contribution in [2.24, 2.45) is 0 Å². The van der Waals surface area contributed by atoms with Crippen molar-refractivity contribution in [2.75, 3.05) is 29.3 Å². The molecular formula is C22H26N4O3. The highest BCUT2D eigenvalue weighted by Crippen LogP contribution is 2.39. The predicted molar refractivity (Wildman–Crippen MR) is 113 cm³/mol. The zero-order chi connectivity index (χ0) is 20.5. The lowest BCUT2D eigenvalue weighted by Crippen LogP contribution is -2.54. The van der Waals surface area contributed by atoms with E-state index >= 15 is 0 Å². The molecule has 1 atom stereocenters. The number of fused-ring (bicyclic) bond motifs is 1. The van der Waals surface area contributed by atoms with Crippen LogP contribution in [0.1, 0.15) is 43.0 Å². The maximum Gasteiger partial charge on any atom is 0.337 e. The molecule has 29 heavy (non-hydrogen) atoms. The van der Waals surface area contributed by atoms with Gasteiger partial charge in [0.2, 0.25) is 5.91 Å². The molecule has 0 bridgehead atoms. The number of amides is 1. The minimum absolute atomic E-state index is 0.0951. The minimum atomic E-state index is -0.381. The summed E-state index contributed by atoms with van der Waals surface area (Å²) in [5.74, 6) is 1.22. The number of methoxy groups -OCH3 is 1. The zero-order valence-corrected chi connectivity index (χ0v) is 17.0. The molecule has 1 N–H and O–H groups in total. The van der Waals surface area contributed by atoms with Gasteiger partial charge in [0.1, 0.15) is 11.9 Å². The Hall–Kier alpha value is -3.09. The van der Waals surface area contributed by atoms with Crippen LogP contribution >= 0.6 is 0 Å². The fourth-order valence-corrected chi connectivity index (χ4v) is 4.33. The maximum atomic E-state index is 12.8. The van der Waals surface area contributed by atoms with Gasteiger partial charge in [-0.3, -0.25) is 4.79 Å². The Morgan fingerprint density at radius 1 is 1.21 bits per heavy atom. The number of benzene rings is 1. The predicted octanol–water partition coefficient (Wildman–Crippen LogP) is 3.73. The van der Waals surface area contributed by atoms with Gasteiger partial charge in [0.15, 0.2) is 5.82 Å². The van der Waals surface area contributed by atoms with Crippen molar-refractivity contribution in [2.45, 2.75) is 44.7 Å². The molecule has 2 aromatic rings. The summed E-state index contributed by atoms with van der Waals surface area (Å²) < 4.78 is 4.79. The molecule has 7 heteroatoms. The Balaban J connectivity index is 1.68. The van der Waals surface area contributed by atoms with Crippen molar-refractivity contribution in [3.05, 3.63) is 42.0 Å². The third kappa shape index (κ3) is 3.52. The van der Waals surface area contributed by atoms with Crippen molar-refractivity contribution in [3.63, 3.8) is 0 Å². The maximum absolute atomic E-state index is 12.8. The van der Waals surface area contributed by atoms with E-state index in [1.165, 1.54) is 20.0 Å². The van der Waals surface area contributed by atoms with Gasteiger partial charge in [0, 0.05) is 18.8 Å². The monoisotopic (exact) mass is 394 g/mol. The summed E-state index contributed by atoms with van der Waals surface area (Å²) in [5, 5.41) is 3.28. The number of esters is 1. The van der Waals surface area contributed by atoms with Crippen LogP contribution in [0.3, 0.4) is 0 Å². The van der Waals surface area contributed by atoms with Gasteiger partial charge in [-0.15, -0.1) is 0 Å². The average Bonchev–Trinajstić information content (AvgIpc) is 3.26. The molecule has 4 rings (SSSR count). The molecule has 1 aliphatic heterocycles. The number of aromatic nitrogens is 1. The fourth-order valence-electron chi connectivity index (χ4n) is 4.33. The lowest BCUT2D eigenvalue weighted by molar-refractivity contribution is -0.119. The Bertz CT molecular complexity index is 939. The van der Waals surface area contributed by atoms with E-state index in [-0.39, 0.29) is 17.9 Å². The number of carbonyl (C=O) groups is 2. The number of anilines is 4. The van der Waals surface area contributed by atoms with Gasteiger partial charge in [-0.1, -0.05) is 18.9 Å². The van der Waals surface area contributed by atoms with Gasteiger partial charge in [0.05, 0.1) is 18.4 Å². The van der Waals surface area contributed by atoms with E-state index in [0.717, 1.165) is 30.0 Å². The highest BCUT2D eigenvalue weighted by molar-refractivity contribution is 6.04. The molecule has 0 radical (unpaired) electrons. The number of carbonyl (C=O) groups excluding carboxylic acids is 2. The van der Waals surface area contributed by atoms with Gasteiger partial charge < -0.3 is 19.9 Å². The van der Waals surface area contributed by atoms with Crippen LogP contribution in [0.15, 0.2) is 36.4 Å². The standard InChI is InChI=1S/C22H26N4O3/c1-14-21(27)25(2)18-11-12-19(24-20(18)26(14)17-9-4-5-10-17)23-16-8-6-7-15(13-16)22(28)29-3/h6-8,11-14,17H,4-5,9-10H2,1-3H3,(H,23,24)/t14-/m1/s1. The summed E-state index contributed by atoms with van der Waals surface area (Å²) in [5.41, 5.74) is 2.05. The van der Waals surface area contributed by atoms with Crippen molar-refractivity contribution in [1.82, 2.24) is 4.98 Å². The lowest BCUT2D eigenvalue weighted by atomic mass is 10.1. The molecule has 1 saturated carbocycles. The molecule has 1 aromatic heterocycles. The number of pyridine rings is 1. The molecule has 2 aliphatic rings. The van der Waals surface area contributed by atoms with Crippen LogP contribution in [0.25, 0.3) is 0 Å². The molecule has 0 saturated heterocycles. The Kier molecular flexibility index (Phi) is 5.13. The van der Waals surface area contributed by atoms with Gasteiger partial charge in [-0.05, 0) is 50.1 Å². The number of hydrogen-bond donors (Lipinski definition) is 1. The topological polar surface area (TPSA) is 74.8 Å². The quantitative estimate of drug-likeness (QED) is 0.797. The summed E-state index contributed by atoms with van der Waals surface area (Å²) in [7, 11) is 3.17. The number of nitrogens with zero attached hydrogens (tertiary/aromatic N) is 3. The molecule has 1 aliphatic carbocycles. The first-order valence-corrected chi connectivity index (χ1v) is 10.0. The van der Waals surface area contributed by atoms with Crippen molar-refractivity contribution in [1.29, 1.82) is 0 Å². The molecule has 152 valence electrons. The first-order chi connectivity index (χ1) is 14.0. The van der Waals surface area contributed by atoms with E-state index in [9.17, 15) is 9.59 Å². The van der Waals surface area contributed by atoms with E-state index in [2.05, 4.69) is 10.2 Å². The van der Waals surface area contributed by atoms with Crippen LogP contribution < -0.4 is 15.1 Å². The summed E-state index contributed by atoms with van der Waals surface area (Å²) in [6, 6.07) is 11.0. The number of hydrogen-bond acceptors (Lipinski definition) is 6. The van der Waals surface area contributed by atoms with E-state index in [4.69, 9.17) is 9.72 Å². The van der Waals surface area contributed by atoms with E-state index in [0.29, 0.717) is 17.4 Å². The lowest BCUT2D eigenvalue weighted by Gasteiger charge is -2.42. The molecule has 0 unspecified atom stereocenters. The molecule has 1 amide bonds. The van der Waals surface area contributed by atoms with Crippen LogP contribution in [-0.2, 0) is 9.53 Å². The van der Waals surface area contributed by atoms with E-state index in [1.54, 1.807) is 30.1 Å². The third-order valence-corrected chi connectivity index (χ3v) is 5.84. The summed E-state index contributed by atoms with van der Waals surface area (Å²) in [4.78, 5) is 33.3. The Morgan fingerprint density at radius 3 is 2.69 bits per heavy atom. The van der Waals surface area contributed by atoms with Gasteiger partial charge in [-0.2, -0.15) is 0 Å². The second-order valence-corrected chi connectivity index (χ2v) is 7.66. The van der Waals surface area contributed by atoms with Crippen molar-refractivity contribution < 1.29 is 14.3 Å². The summed E-state index contributed by atoms with van der Waals surface area (Å²) in [6.45, 7) is 1.96. The molecule has 0 spiro atoms. The minimum Gasteiger partial charge on any atom is -0.465 e. The zero-order valence-electron chi connectivity index (χ0n) is 17.0. The SMILES string of the molecule is COC(=O)c1cccc(Nc2ccc3c(n2)N(C2CCCC2)[C@H](C)C(=O)N3C)c1. The number of ether oxygens (including phenoxy) is 1. The van der Waals surface area contributed by atoms with Gasteiger partial charge in [0.25, 0.3) is 0 Å². The molecular weight excluding hydrogens is 368 g/mol. The van der Waals surface area contributed by atoms with Crippen LogP contribution in [0.5, 0.6) is 0 Å². The summed E-state index contributed by atoms with van der Waals surface area (Å²) in [6.07, 6.45) is 4.54. The molecule has 7 nitrogen and oxygen atoms in total. The van der Waals surface area contributed by atoms with E-state index < -0.39 is 0 Å². The molecule has 1 aromatic carbocycles. The first kappa shape index (κ1) is 19.2. The summed E-state index contributed by atoms with van der Waals surface area (Å²) >= 11 is 0. The third-order valence-electron chi connectivity index (χ3n) is 5.84. The van der Waals surface area contributed by atoms with Crippen LogP contribution in [-0.4, -0.2) is 43.1 Å².